The molecule has 0 saturated heterocycles. The van der Waals surface area contributed by atoms with Gasteiger partial charge in [-0.15, -0.1) is 5.10 Å². The van der Waals surface area contributed by atoms with Crippen molar-refractivity contribution in [1.82, 2.24) is 30.3 Å². The normalized spacial score (nSPS) is 11.8. The minimum absolute atomic E-state index is 0.183. The first-order chi connectivity index (χ1) is 9.36. The van der Waals surface area contributed by atoms with Crippen LogP contribution in [0.2, 0.25) is 0 Å². The van der Waals surface area contributed by atoms with Crippen LogP contribution in [0.1, 0.15) is 32.5 Å². The molecule has 0 aliphatic heterocycles. The lowest BCUT2D eigenvalue weighted by Gasteiger charge is -2.10. The first-order valence-electron chi connectivity index (χ1n) is 5.80. The molecule has 0 atom stereocenters. The van der Waals surface area contributed by atoms with Crippen molar-refractivity contribution in [3.63, 3.8) is 0 Å². The molecule has 0 fully saturated rings. The summed E-state index contributed by atoms with van der Waals surface area (Å²) in [6.45, 7) is 5.68. The van der Waals surface area contributed by atoms with Crippen LogP contribution in [0.4, 0.5) is 0 Å². The first kappa shape index (κ1) is 14.4. The third-order valence-corrected chi connectivity index (χ3v) is 3.19. The maximum Gasteiger partial charge on any atom is 0.325 e. The highest BCUT2D eigenvalue weighted by molar-refractivity contribution is 7.98. The van der Waals surface area contributed by atoms with E-state index in [9.17, 15) is 4.79 Å². The first-order valence-corrected chi connectivity index (χ1v) is 6.78. The molecule has 2 heterocycles. The maximum atomic E-state index is 10.6. The zero-order valence-electron chi connectivity index (χ0n) is 11.3. The van der Waals surface area contributed by atoms with Crippen LogP contribution in [0.25, 0.3) is 0 Å². The molecule has 0 aliphatic carbocycles. The van der Waals surface area contributed by atoms with Crippen molar-refractivity contribution >= 4 is 17.7 Å². The van der Waals surface area contributed by atoms with E-state index >= 15 is 0 Å². The van der Waals surface area contributed by atoms with Gasteiger partial charge in [0.25, 0.3) is 0 Å². The number of nitrogens with zero attached hydrogens (tertiary/aromatic N) is 6. The van der Waals surface area contributed by atoms with Crippen molar-refractivity contribution in [2.75, 3.05) is 0 Å². The molecule has 2 aromatic heterocycles. The number of rotatable bonds is 5. The minimum atomic E-state index is -1.01. The van der Waals surface area contributed by atoms with E-state index in [1.165, 1.54) is 16.4 Å². The highest BCUT2D eigenvalue weighted by atomic mass is 32.2. The Labute approximate surface area is 118 Å². The zero-order valence-corrected chi connectivity index (χ0v) is 12.1. The largest absolute Gasteiger partial charge is 0.480 e. The lowest BCUT2D eigenvalue weighted by molar-refractivity contribution is -0.138. The van der Waals surface area contributed by atoms with Gasteiger partial charge in [0.2, 0.25) is 11.0 Å². The van der Waals surface area contributed by atoms with Gasteiger partial charge in [-0.25, -0.2) is 4.68 Å². The van der Waals surface area contributed by atoms with Crippen LogP contribution >= 0.6 is 11.8 Å². The molecular weight excluding hydrogens is 284 g/mol. The molecule has 1 N–H and O–H groups in total. The summed E-state index contributed by atoms with van der Waals surface area (Å²) in [5, 5.41) is 23.8. The van der Waals surface area contributed by atoms with Gasteiger partial charge in [-0.1, -0.05) is 37.7 Å². The number of carbonyl (C=O) groups is 1. The molecule has 108 valence electrons. The number of aliphatic carboxylic acids is 1. The predicted molar refractivity (Wildman–Crippen MR) is 68.0 cm³/mol. The molecule has 0 amide bonds. The predicted octanol–water partition coefficient (Wildman–Crippen LogP) is 0.730. The van der Waals surface area contributed by atoms with E-state index in [4.69, 9.17) is 9.63 Å². The van der Waals surface area contributed by atoms with E-state index in [-0.39, 0.29) is 12.0 Å². The molecule has 0 bridgehead atoms. The maximum absolute atomic E-state index is 10.6. The summed E-state index contributed by atoms with van der Waals surface area (Å²) in [6.07, 6.45) is 0. The van der Waals surface area contributed by atoms with Gasteiger partial charge < -0.3 is 9.63 Å². The fraction of sp³-hybridized carbons (Fsp3) is 0.600. The molecule has 0 aromatic carbocycles. The molecule has 20 heavy (non-hydrogen) atoms. The fourth-order valence-corrected chi connectivity index (χ4v) is 1.99. The lowest BCUT2D eigenvalue weighted by atomic mass is 9.96. The molecule has 0 radical (unpaired) electrons. The van der Waals surface area contributed by atoms with E-state index in [1.54, 1.807) is 0 Å². The summed E-state index contributed by atoms with van der Waals surface area (Å²) in [6, 6.07) is 0. The SMILES string of the molecule is CC(C)(C)c1noc(CSc2nnnn2CC(=O)O)n1. The molecular formula is C10H14N6O3S. The van der Waals surface area contributed by atoms with Gasteiger partial charge in [0.05, 0.1) is 5.75 Å². The van der Waals surface area contributed by atoms with Crippen LogP contribution in [-0.2, 0) is 22.5 Å². The van der Waals surface area contributed by atoms with Gasteiger partial charge in [-0.05, 0) is 10.4 Å². The Morgan fingerprint density at radius 2 is 2.20 bits per heavy atom. The van der Waals surface area contributed by atoms with Gasteiger partial charge in [0.1, 0.15) is 6.54 Å². The van der Waals surface area contributed by atoms with Crippen LogP contribution < -0.4 is 0 Å². The Kier molecular flexibility index (Phi) is 4.02. The monoisotopic (exact) mass is 298 g/mol. The van der Waals surface area contributed by atoms with Crippen molar-refractivity contribution in [2.45, 2.75) is 43.6 Å². The quantitative estimate of drug-likeness (QED) is 0.796. The average molecular weight is 298 g/mol. The second kappa shape index (κ2) is 5.57. The standard InChI is InChI=1S/C10H14N6O3S/c1-10(2,3)8-11-6(19-13-8)5-20-9-12-14-15-16(9)4-7(17)18/h4-5H2,1-3H3,(H,17,18). The van der Waals surface area contributed by atoms with Crippen molar-refractivity contribution in [1.29, 1.82) is 0 Å². The average Bonchev–Trinajstić information content (AvgIpc) is 2.93. The Balaban J connectivity index is 2.00. The number of carboxylic acid groups (broad SMARTS) is 1. The minimum Gasteiger partial charge on any atom is -0.480 e. The number of tetrazole rings is 1. The summed E-state index contributed by atoms with van der Waals surface area (Å²) in [5.41, 5.74) is -0.183. The Bertz CT molecular complexity index is 602. The lowest BCUT2D eigenvalue weighted by Crippen LogP contribution is -2.13. The van der Waals surface area contributed by atoms with Gasteiger partial charge in [-0.3, -0.25) is 4.79 Å². The molecule has 0 saturated carbocycles. The Morgan fingerprint density at radius 3 is 2.80 bits per heavy atom. The van der Waals surface area contributed by atoms with E-state index in [1.807, 2.05) is 20.8 Å². The topological polar surface area (TPSA) is 120 Å². The molecule has 2 rings (SSSR count). The Hall–Kier alpha value is -1.97. The molecule has 0 aliphatic rings. The molecule has 0 spiro atoms. The molecule has 9 nitrogen and oxygen atoms in total. The van der Waals surface area contributed by atoms with Gasteiger partial charge in [-0.2, -0.15) is 4.98 Å². The summed E-state index contributed by atoms with van der Waals surface area (Å²) in [5.74, 6) is 0.443. The summed E-state index contributed by atoms with van der Waals surface area (Å²) >= 11 is 1.24. The van der Waals surface area contributed by atoms with E-state index in [2.05, 4.69) is 25.7 Å². The van der Waals surface area contributed by atoms with Gasteiger partial charge in [0, 0.05) is 5.41 Å². The highest BCUT2D eigenvalue weighted by Crippen LogP contribution is 2.22. The zero-order chi connectivity index (χ0) is 14.8. The van der Waals surface area contributed by atoms with Crippen LogP contribution in [0.3, 0.4) is 0 Å². The number of carboxylic acids is 1. The Morgan fingerprint density at radius 1 is 1.45 bits per heavy atom. The molecule has 2 aromatic rings. The van der Waals surface area contributed by atoms with E-state index in [0.29, 0.717) is 22.6 Å². The smallest absolute Gasteiger partial charge is 0.325 e. The van der Waals surface area contributed by atoms with Gasteiger partial charge in [0.15, 0.2) is 5.82 Å². The number of hydrogen-bond donors (Lipinski definition) is 1. The number of thioether (sulfide) groups is 1. The van der Waals surface area contributed by atoms with Crippen LogP contribution in [0, 0.1) is 0 Å². The molecule has 10 heteroatoms. The van der Waals surface area contributed by atoms with Crippen molar-refractivity contribution in [3.05, 3.63) is 11.7 Å². The van der Waals surface area contributed by atoms with E-state index in [0.717, 1.165) is 0 Å². The second-order valence-corrected chi connectivity index (χ2v) is 6.01. The summed E-state index contributed by atoms with van der Waals surface area (Å²) < 4.78 is 6.34. The van der Waals surface area contributed by atoms with Crippen LogP contribution in [0.15, 0.2) is 9.68 Å². The second-order valence-electron chi connectivity index (χ2n) is 5.06. The summed E-state index contributed by atoms with van der Waals surface area (Å²) in [4.78, 5) is 14.9. The third kappa shape index (κ3) is 3.53. The summed E-state index contributed by atoms with van der Waals surface area (Å²) in [7, 11) is 0. The number of aromatic nitrogens is 6. The van der Waals surface area contributed by atoms with Gasteiger partial charge >= 0.3 is 5.97 Å². The fourth-order valence-electron chi connectivity index (χ4n) is 1.27. The van der Waals surface area contributed by atoms with Crippen molar-refractivity contribution < 1.29 is 14.4 Å². The van der Waals surface area contributed by atoms with Crippen LogP contribution in [0.5, 0.6) is 0 Å². The third-order valence-electron chi connectivity index (χ3n) is 2.25. The number of hydrogen-bond acceptors (Lipinski definition) is 8. The highest BCUT2D eigenvalue weighted by Gasteiger charge is 2.21. The van der Waals surface area contributed by atoms with Crippen LogP contribution in [-0.4, -0.2) is 41.4 Å². The van der Waals surface area contributed by atoms with Crippen molar-refractivity contribution in [2.24, 2.45) is 0 Å². The van der Waals surface area contributed by atoms with E-state index < -0.39 is 5.97 Å². The molecule has 0 unspecified atom stereocenters. The van der Waals surface area contributed by atoms with Crippen molar-refractivity contribution in [3.8, 4) is 0 Å².